The molecule has 2 aromatic rings. The number of carbonyl (C=O) groups excluding carboxylic acids is 1. The highest BCUT2D eigenvalue weighted by atomic mass is 16.5. The van der Waals surface area contributed by atoms with Crippen molar-refractivity contribution < 1.29 is 9.53 Å². The summed E-state index contributed by atoms with van der Waals surface area (Å²) in [5, 5.41) is 2.86. The van der Waals surface area contributed by atoms with E-state index in [0.717, 1.165) is 11.1 Å². The molecule has 2 aromatic heterocycles. The molecule has 0 saturated heterocycles. The summed E-state index contributed by atoms with van der Waals surface area (Å²) in [6, 6.07) is 7.41. The van der Waals surface area contributed by atoms with Crippen LogP contribution in [0.1, 0.15) is 18.1 Å². The molecule has 2 rings (SSSR count). The predicted octanol–water partition coefficient (Wildman–Crippen LogP) is 1.73. The zero-order chi connectivity index (χ0) is 14.2. The summed E-state index contributed by atoms with van der Waals surface area (Å²) >= 11 is 0. The quantitative estimate of drug-likeness (QED) is 0.869. The van der Waals surface area contributed by atoms with Gasteiger partial charge in [-0.1, -0.05) is 12.1 Å². The number of hydrogen-bond donors (Lipinski definition) is 1. The molecule has 0 aliphatic heterocycles. The molecule has 0 radical (unpaired) electrons. The third-order valence-electron chi connectivity index (χ3n) is 2.69. The molecule has 104 valence electrons. The molecule has 0 saturated carbocycles. The van der Waals surface area contributed by atoms with Gasteiger partial charge in [-0.25, -0.2) is 4.98 Å². The van der Waals surface area contributed by atoms with E-state index in [2.05, 4.69) is 15.3 Å². The molecular formula is C15H17N3O2. The summed E-state index contributed by atoms with van der Waals surface area (Å²) in [7, 11) is 0. The van der Waals surface area contributed by atoms with Gasteiger partial charge in [0.1, 0.15) is 0 Å². The zero-order valence-corrected chi connectivity index (χ0v) is 11.4. The monoisotopic (exact) mass is 271 g/mol. The largest absolute Gasteiger partial charge is 0.478 e. The van der Waals surface area contributed by atoms with Gasteiger partial charge in [0.2, 0.25) is 11.8 Å². The molecule has 0 atom stereocenters. The Morgan fingerprint density at radius 3 is 2.90 bits per heavy atom. The van der Waals surface area contributed by atoms with Gasteiger partial charge in [0.15, 0.2) is 0 Å². The molecule has 5 nitrogen and oxygen atoms in total. The van der Waals surface area contributed by atoms with Crippen LogP contribution < -0.4 is 10.1 Å². The van der Waals surface area contributed by atoms with E-state index in [1.54, 1.807) is 18.6 Å². The number of nitrogens with zero attached hydrogens (tertiary/aromatic N) is 2. The number of hydrogen-bond acceptors (Lipinski definition) is 4. The lowest BCUT2D eigenvalue weighted by Crippen LogP contribution is -2.25. The van der Waals surface area contributed by atoms with Crippen molar-refractivity contribution in [1.82, 2.24) is 15.3 Å². The predicted molar refractivity (Wildman–Crippen MR) is 75.2 cm³/mol. The molecule has 1 N–H and O–H groups in total. The highest BCUT2D eigenvalue weighted by molar-refractivity contribution is 5.78. The van der Waals surface area contributed by atoms with Crippen LogP contribution >= 0.6 is 0 Å². The maximum absolute atomic E-state index is 11.9. The van der Waals surface area contributed by atoms with E-state index in [1.165, 1.54) is 0 Å². The molecule has 20 heavy (non-hydrogen) atoms. The Kier molecular flexibility index (Phi) is 5.06. The summed E-state index contributed by atoms with van der Waals surface area (Å²) < 4.78 is 5.42. The van der Waals surface area contributed by atoms with Gasteiger partial charge in [-0.3, -0.25) is 9.78 Å². The standard InChI is InChI=1S/C15H17N3O2/c1-2-20-15-13(6-4-8-17-15)11-18-14(19)9-12-5-3-7-16-10-12/h3-8,10H,2,9,11H2,1H3,(H,18,19). The SMILES string of the molecule is CCOc1ncccc1CNC(=O)Cc1cccnc1. The van der Waals surface area contributed by atoms with Crippen LogP contribution in [-0.4, -0.2) is 22.5 Å². The van der Waals surface area contributed by atoms with Gasteiger partial charge in [0.05, 0.1) is 13.0 Å². The van der Waals surface area contributed by atoms with Crippen molar-refractivity contribution >= 4 is 5.91 Å². The molecule has 0 fully saturated rings. The Morgan fingerprint density at radius 1 is 1.30 bits per heavy atom. The summed E-state index contributed by atoms with van der Waals surface area (Å²) in [6.45, 7) is 2.86. The maximum Gasteiger partial charge on any atom is 0.224 e. The third kappa shape index (κ3) is 4.05. The van der Waals surface area contributed by atoms with Gasteiger partial charge in [-0.2, -0.15) is 0 Å². The fourth-order valence-electron chi connectivity index (χ4n) is 1.77. The number of pyridine rings is 2. The van der Waals surface area contributed by atoms with Gasteiger partial charge in [0.25, 0.3) is 0 Å². The Morgan fingerprint density at radius 2 is 2.15 bits per heavy atom. The summed E-state index contributed by atoms with van der Waals surface area (Å²) in [5.41, 5.74) is 1.76. The first kappa shape index (κ1) is 14.0. The average Bonchev–Trinajstić information content (AvgIpc) is 2.48. The van der Waals surface area contributed by atoms with E-state index in [-0.39, 0.29) is 5.91 Å². The van der Waals surface area contributed by atoms with Crippen LogP contribution in [0, 0.1) is 0 Å². The van der Waals surface area contributed by atoms with E-state index in [4.69, 9.17) is 4.74 Å². The minimum absolute atomic E-state index is 0.0516. The van der Waals surface area contributed by atoms with E-state index in [9.17, 15) is 4.79 Å². The number of carbonyl (C=O) groups is 1. The van der Waals surface area contributed by atoms with Gasteiger partial charge in [-0.05, 0) is 24.6 Å². The first-order chi connectivity index (χ1) is 9.79. The fourth-order valence-corrected chi connectivity index (χ4v) is 1.77. The Hall–Kier alpha value is -2.43. The number of ether oxygens (including phenoxy) is 1. The van der Waals surface area contributed by atoms with Crippen LogP contribution in [-0.2, 0) is 17.8 Å². The van der Waals surface area contributed by atoms with Crippen molar-refractivity contribution in [2.75, 3.05) is 6.61 Å². The first-order valence-electron chi connectivity index (χ1n) is 6.52. The molecule has 0 spiro atoms. The van der Waals surface area contributed by atoms with Crippen LogP contribution in [0.3, 0.4) is 0 Å². The fraction of sp³-hybridized carbons (Fsp3) is 0.267. The molecule has 0 unspecified atom stereocenters. The minimum Gasteiger partial charge on any atom is -0.478 e. The smallest absolute Gasteiger partial charge is 0.224 e. The molecule has 0 bridgehead atoms. The number of rotatable bonds is 6. The topological polar surface area (TPSA) is 64.1 Å². The van der Waals surface area contributed by atoms with E-state index in [0.29, 0.717) is 25.5 Å². The van der Waals surface area contributed by atoms with Crippen molar-refractivity contribution in [2.24, 2.45) is 0 Å². The number of amides is 1. The van der Waals surface area contributed by atoms with Gasteiger partial charge in [-0.15, -0.1) is 0 Å². The highest BCUT2D eigenvalue weighted by Gasteiger charge is 2.07. The Labute approximate surface area is 118 Å². The van der Waals surface area contributed by atoms with E-state index in [1.807, 2.05) is 31.2 Å². The molecule has 0 aliphatic carbocycles. The normalized spacial score (nSPS) is 10.1. The van der Waals surface area contributed by atoms with Crippen LogP contribution in [0.2, 0.25) is 0 Å². The highest BCUT2D eigenvalue weighted by Crippen LogP contribution is 2.13. The Balaban J connectivity index is 1.90. The third-order valence-corrected chi connectivity index (χ3v) is 2.69. The second-order valence-corrected chi connectivity index (χ2v) is 4.22. The van der Waals surface area contributed by atoms with Gasteiger partial charge < -0.3 is 10.1 Å². The van der Waals surface area contributed by atoms with Crippen LogP contribution in [0.15, 0.2) is 42.9 Å². The lowest BCUT2D eigenvalue weighted by molar-refractivity contribution is -0.120. The van der Waals surface area contributed by atoms with Gasteiger partial charge >= 0.3 is 0 Å². The molecule has 0 aromatic carbocycles. The second kappa shape index (κ2) is 7.23. The summed E-state index contributed by atoms with van der Waals surface area (Å²) in [6.07, 6.45) is 5.37. The van der Waals surface area contributed by atoms with Crippen LogP contribution in [0.5, 0.6) is 5.88 Å². The van der Waals surface area contributed by atoms with Gasteiger partial charge in [0, 0.05) is 30.7 Å². The van der Waals surface area contributed by atoms with E-state index >= 15 is 0 Å². The second-order valence-electron chi connectivity index (χ2n) is 4.22. The van der Waals surface area contributed by atoms with Crippen LogP contribution in [0.25, 0.3) is 0 Å². The van der Waals surface area contributed by atoms with Crippen molar-refractivity contribution in [3.8, 4) is 5.88 Å². The molecule has 0 aliphatic rings. The average molecular weight is 271 g/mol. The Bertz CT molecular complexity index is 558. The van der Waals surface area contributed by atoms with Crippen molar-refractivity contribution in [2.45, 2.75) is 19.9 Å². The lowest BCUT2D eigenvalue weighted by atomic mass is 10.2. The number of aromatic nitrogens is 2. The summed E-state index contributed by atoms with van der Waals surface area (Å²) in [4.78, 5) is 20.0. The maximum atomic E-state index is 11.9. The van der Waals surface area contributed by atoms with E-state index < -0.39 is 0 Å². The van der Waals surface area contributed by atoms with Crippen LogP contribution in [0.4, 0.5) is 0 Å². The molecule has 5 heteroatoms. The minimum atomic E-state index is -0.0516. The van der Waals surface area contributed by atoms with Crippen molar-refractivity contribution in [1.29, 1.82) is 0 Å². The van der Waals surface area contributed by atoms with Crippen molar-refractivity contribution in [3.05, 3.63) is 54.0 Å². The summed E-state index contributed by atoms with van der Waals surface area (Å²) in [5.74, 6) is 0.515. The first-order valence-corrected chi connectivity index (χ1v) is 6.52. The molecular weight excluding hydrogens is 254 g/mol. The van der Waals surface area contributed by atoms with Crippen molar-refractivity contribution in [3.63, 3.8) is 0 Å². The number of nitrogens with one attached hydrogen (secondary N) is 1. The molecule has 1 amide bonds. The molecule has 2 heterocycles. The zero-order valence-electron chi connectivity index (χ0n) is 11.4. The lowest BCUT2D eigenvalue weighted by Gasteiger charge is -2.09.